The third kappa shape index (κ3) is 4.30. The summed E-state index contributed by atoms with van der Waals surface area (Å²) >= 11 is 0. The van der Waals surface area contributed by atoms with Gasteiger partial charge in [-0.3, -0.25) is 4.98 Å². The van der Waals surface area contributed by atoms with Crippen LogP contribution in [0.1, 0.15) is 34.2 Å². The second-order valence-electron chi connectivity index (χ2n) is 8.49. The second-order valence-corrected chi connectivity index (χ2v) is 8.49. The highest BCUT2D eigenvalue weighted by atomic mass is 15.1. The molecule has 4 aromatic rings. The van der Waals surface area contributed by atoms with Gasteiger partial charge in [0.25, 0.3) is 0 Å². The Bertz CT molecular complexity index is 1190. The lowest BCUT2D eigenvalue weighted by Gasteiger charge is -2.17. The molecule has 2 heteroatoms. The van der Waals surface area contributed by atoms with Gasteiger partial charge in [-0.25, -0.2) is 0 Å². The summed E-state index contributed by atoms with van der Waals surface area (Å²) in [6, 6.07) is 28.4. The Labute approximate surface area is 184 Å². The Morgan fingerprint density at radius 3 is 2.23 bits per heavy atom. The van der Waals surface area contributed by atoms with Crippen molar-refractivity contribution in [2.24, 2.45) is 0 Å². The van der Waals surface area contributed by atoms with Gasteiger partial charge < -0.3 is 4.90 Å². The van der Waals surface area contributed by atoms with E-state index in [0.717, 1.165) is 37.9 Å². The highest BCUT2D eigenvalue weighted by Crippen LogP contribution is 2.33. The Kier molecular flexibility index (Phi) is 5.64. The molecule has 0 amide bonds. The zero-order chi connectivity index (χ0) is 21.0. The normalized spacial score (nSPS) is 13.0. The minimum absolute atomic E-state index is 0.911. The smallest absolute Gasteiger partial charge is 0.0702 e. The van der Waals surface area contributed by atoms with Gasteiger partial charge in [-0.05, 0) is 71.8 Å². The van der Waals surface area contributed by atoms with Crippen LogP contribution in [0.4, 0.5) is 0 Å². The molecular weight excluding hydrogens is 376 g/mol. The van der Waals surface area contributed by atoms with Crippen LogP contribution in [0.3, 0.4) is 0 Å². The van der Waals surface area contributed by atoms with E-state index >= 15 is 0 Å². The Morgan fingerprint density at radius 1 is 0.839 bits per heavy atom. The van der Waals surface area contributed by atoms with E-state index in [2.05, 4.69) is 95.8 Å². The van der Waals surface area contributed by atoms with Crippen molar-refractivity contribution in [3.05, 3.63) is 119 Å². The van der Waals surface area contributed by atoms with Crippen molar-refractivity contribution in [1.82, 2.24) is 9.88 Å². The van der Waals surface area contributed by atoms with Crippen LogP contribution in [0, 0.1) is 0 Å². The number of rotatable bonds is 5. The molecule has 0 saturated heterocycles. The molecule has 2 nitrogen and oxygen atoms in total. The first-order valence-corrected chi connectivity index (χ1v) is 11.2. The molecule has 1 aliphatic rings. The van der Waals surface area contributed by atoms with Crippen LogP contribution in [-0.2, 0) is 19.4 Å². The molecule has 0 N–H and O–H groups in total. The Morgan fingerprint density at radius 2 is 1.48 bits per heavy atom. The first-order valence-electron chi connectivity index (χ1n) is 11.2. The number of aromatic nitrogens is 1. The van der Waals surface area contributed by atoms with Crippen LogP contribution in [0.5, 0.6) is 0 Å². The summed E-state index contributed by atoms with van der Waals surface area (Å²) in [4.78, 5) is 7.00. The maximum absolute atomic E-state index is 4.61. The van der Waals surface area contributed by atoms with Crippen LogP contribution in [-0.4, -0.2) is 23.5 Å². The molecule has 1 aliphatic carbocycles. The van der Waals surface area contributed by atoms with Crippen LogP contribution in [0.25, 0.3) is 16.5 Å². The van der Waals surface area contributed by atoms with Gasteiger partial charge in [0, 0.05) is 24.7 Å². The average molecular weight is 405 g/mol. The number of para-hydroxylation sites is 1. The monoisotopic (exact) mass is 404 g/mol. The molecule has 0 aliphatic heterocycles. The summed E-state index contributed by atoms with van der Waals surface area (Å²) in [7, 11) is 2.20. The molecule has 1 aromatic heterocycles. The van der Waals surface area contributed by atoms with E-state index in [1.807, 2.05) is 12.3 Å². The van der Waals surface area contributed by atoms with E-state index in [-0.39, 0.29) is 0 Å². The van der Waals surface area contributed by atoms with Gasteiger partial charge in [-0.2, -0.15) is 0 Å². The predicted molar refractivity (Wildman–Crippen MR) is 130 cm³/mol. The highest BCUT2D eigenvalue weighted by Gasteiger charge is 2.17. The summed E-state index contributed by atoms with van der Waals surface area (Å²) in [6.45, 7) is 1.93. The van der Waals surface area contributed by atoms with Crippen LogP contribution in [0.15, 0.2) is 91.1 Å². The molecule has 3 aromatic carbocycles. The quantitative estimate of drug-likeness (QED) is 0.389. The molecule has 0 unspecified atom stereocenters. The standard InChI is InChI=1S/C29H28N2/c1-31(21-22-19-25-11-4-7-15-29(25)30-20-22)18-8-14-28-26-12-5-2-9-23(26)16-17-24-10-3-6-13-27(24)28/h2-7,9-15,19-20H,8,16-18,21H2,1H3. The topological polar surface area (TPSA) is 16.1 Å². The molecule has 31 heavy (non-hydrogen) atoms. The molecule has 0 bridgehead atoms. The molecule has 0 fully saturated rings. The largest absolute Gasteiger partial charge is 0.302 e. The van der Waals surface area contributed by atoms with E-state index < -0.39 is 0 Å². The van der Waals surface area contributed by atoms with E-state index in [9.17, 15) is 0 Å². The predicted octanol–water partition coefficient (Wildman–Crippen LogP) is 6.29. The van der Waals surface area contributed by atoms with E-state index in [0.29, 0.717) is 0 Å². The van der Waals surface area contributed by atoms with Gasteiger partial charge in [0.05, 0.1) is 5.52 Å². The Balaban J connectivity index is 1.34. The minimum Gasteiger partial charge on any atom is -0.302 e. The van der Waals surface area contributed by atoms with E-state index in [1.165, 1.54) is 38.8 Å². The summed E-state index contributed by atoms with van der Waals surface area (Å²) in [6.07, 6.45) is 7.70. The molecule has 1 heterocycles. The summed E-state index contributed by atoms with van der Waals surface area (Å²) in [5.41, 5.74) is 9.43. The lowest BCUT2D eigenvalue weighted by Crippen LogP contribution is -2.18. The van der Waals surface area contributed by atoms with Crippen molar-refractivity contribution in [3.63, 3.8) is 0 Å². The van der Waals surface area contributed by atoms with Gasteiger partial charge in [-0.1, -0.05) is 72.8 Å². The molecule has 0 atom stereocenters. The van der Waals surface area contributed by atoms with Gasteiger partial charge >= 0.3 is 0 Å². The maximum Gasteiger partial charge on any atom is 0.0702 e. The van der Waals surface area contributed by atoms with Crippen molar-refractivity contribution < 1.29 is 0 Å². The number of aryl methyl sites for hydroxylation is 2. The van der Waals surface area contributed by atoms with Gasteiger partial charge in [-0.15, -0.1) is 0 Å². The van der Waals surface area contributed by atoms with Crippen LogP contribution < -0.4 is 0 Å². The minimum atomic E-state index is 0.911. The van der Waals surface area contributed by atoms with Gasteiger partial charge in [0.15, 0.2) is 0 Å². The van der Waals surface area contributed by atoms with Crippen molar-refractivity contribution in [1.29, 1.82) is 0 Å². The average Bonchev–Trinajstić information content (AvgIpc) is 2.96. The molecule has 0 saturated carbocycles. The van der Waals surface area contributed by atoms with Crippen molar-refractivity contribution >= 4 is 16.5 Å². The fourth-order valence-electron chi connectivity index (χ4n) is 4.66. The number of benzene rings is 3. The molecule has 5 rings (SSSR count). The maximum atomic E-state index is 4.61. The fraction of sp³-hybridized carbons (Fsp3) is 0.207. The van der Waals surface area contributed by atoms with E-state index in [4.69, 9.17) is 0 Å². The number of nitrogens with zero attached hydrogens (tertiary/aromatic N) is 2. The highest BCUT2D eigenvalue weighted by molar-refractivity contribution is 5.84. The second kappa shape index (κ2) is 8.87. The van der Waals surface area contributed by atoms with Crippen molar-refractivity contribution in [2.45, 2.75) is 25.8 Å². The van der Waals surface area contributed by atoms with Gasteiger partial charge in [0.1, 0.15) is 0 Å². The summed E-state index contributed by atoms with van der Waals surface area (Å²) < 4.78 is 0. The zero-order valence-electron chi connectivity index (χ0n) is 18.1. The number of hydrogen-bond donors (Lipinski definition) is 0. The summed E-state index contributed by atoms with van der Waals surface area (Å²) in [5, 5.41) is 1.21. The zero-order valence-corrected chi connectivity index (χ0v) is 18.1. The fourth-order valence-corrected chi connectivity index (χ4v) is 4.66. The van der Waals surface area contributed by atoms with Crippen LogP contribution >= 0.6 is 0 Å². The Hall–Kier alpha value is -3.23. The van der Waals surface area contributed by atoms with Gasteiger partial charge in [0.2, 0.25) is 0 Å². The van der Waals surface area contributed by atoms with Crippen molar-refractivity contribution in [2.75, 3.05) is 13.6 Å². The lowest BCUT2D eigenvalue weighted by atomic mass is 9.93. The molecule has 0 radical (unpaired) electrons. The van der Waals surface area contributed by atoms with Crippen LogP contribution in [0.2, 0.25) is 0 Å². The van der Waals surface area contributed by atoms with Crippen molar-refractivity contribution in [3.8, 4) is 0 Å². The first-order chi connectivity index (χ1) is 15.3. The number of fused-ring (bicyclic) bond motifs is 3. The third-order valence-corrected chi connectivity index (χ3v) is 6.24. The number of pyridine rings is 1. The third-order valence-electron chi connectivity index (χ3n) is 6.24. The molecular formula is C29H28N2. The number of hydrogen-bond acceptors (Lipinski definition) is 2. The lowest BCUT2D eigenvalue weighted by molar-refractivity contribution is 0.333. The molecule has 154 valence electrons. The molecule has 0 spiro atoms. The summed E-state index contributed by atoms with van der Waals surface area (Å²) in [5.74, 6) is 0. The van der Waals surface area contributed by atoms with E-state index in [1.54, 1.807) is 0 Å². The first kappa shape index (κ1) is 19.7. The SMILES string of the molecule is CN(CCC=C1c2ccccc2CCc2ccccc21)Cc1cnc2ccccc2c1.